The summed E-state index contributed by atoms with van der Waals surface area (Å²) in [4.78, 5) is 13.9. The number of fused-ring (bicyclic) bond motifs is 4. The molecule has 8 rings (SSSR count). The van der Waals surface area contributed by atoms with Crippen molar-refractivity contribution in [3.05, 3.63) is 149 Å². The maximum absolute atomic E-state index is 5.73. The fraction of sp³-hybridized carbons (Fsp3) is 0.196. The van der Waals surface area contributed by atoms with Gasteiger partial charge in [-0.1, -0.05) is 111 Å². The Bertz CT molecular complexity index is 2490. The van der Waals surface area contributed by atoms with Crippen molar-refractivity contribution in [3.63, 3.8) is 0 Å². The molecule has 0 fully saturated rings. The van der Waals surface area contributed by atoms with Crippen molar-refractivity contribution in [2.75, 3.05) is 0 Å². The zero-order valence-corrected chi connectivity index (χ0v) is 32.8. The van der Waals surface area contributed by atoms with Crippen molar-refractivity contribution in [2.24, 2.45) is 0 Å². The second kappa shape index (κ2) is 14.3. The van der Waals surface area contributed by atoms with E-state index < -0.39 is 0 Å². The molecule has 4 aromatic heterocycles. The van der Waals surface area contributed by atoms with E-state index in [0.717, 1.165) is 55.6 Å². The molecule has 0 saturated carbocycles. The normalized spacial score (nSPS) is 11.4. The average molecular weight is 844 g/mol. The number of furan rings is 1. The van der Waals surface area contributed by atoms with Gasteiger partial charge in [0.15, 0.2) is 0 Å². The third kappa shape index (κ3) is 7.42. The Kier molecular flexibility index (Phi) is 10.1. The van der Waals surface area contributed by atoms with Crippen LogP contribution in [0, 0.1) is 46.8 Å². The second-order valence-electron chi connectivity index (χ2n) is 14.3. The Labute approximate surface area is 314 Å². The van der Waals surface area contributed by atoms with Gasteiger partial charge in [0, 0.05) is 55.7 Å². The van der Waals surface area contributed by atoms with E-state index in [1.807, 2.05) is 37.5 Å². The first-order chi connectivity index (χ1) is 23.9. The van der Waals surface area contributed by atoms with Gasteiger partial charge in [0.1, 0.15) is 0 Å². The number of aryl methyl sites for hydroxylation is 5. The molecule has 0 aliphatic heterocycles. The minimum atomic E-state index is 0. The quantitative estimate of drug-likeness (QED) is 0.166. The van der Waals surface area contributed by atoms with Crippen LogP contribution in [0.25, 0.3) is 66.3 Å². The number of aromatic nitrogens is 3. The molecule has 4 aromatic carbocycles. The zero-order valence-electron chi connectivity index (χ0n) is 30.4. The molecule has 0 bridgehead atoms. The van der Waals surface area contributed by atoms with Crippen LogP contribution in [0.15, 0.2) is 108 Å². The van der Waals surface area contributed by atoms with Crippen LogP contribution in [0.2, 0.25) is 0 Å². The van der Waals surface area contributed by atoms with Gasteiger partial charge in [0.2, 0.25) is 0 Å². The molecular weight excluding hydrogens is 803 g/mol. The summed E-state index contributed by atoms with van der Waals surface area (Å²) in [5.41, 5.74) is 15.3. The molecule has 0 unspecified atom stereocenters. The molecule has 0 amide bonds. The van der Waals surface area contributed by atoms with Crippen LogP contribution in [0.4, 0.5) is 0 Å². The first-order valence-corrected chi connectivity index (χ1v) is 17.1. The molecule has 0 N–H and O–H groups in total. The van der Waals surface area contributed by atoms with Gasteiger partial charge in [-0.2, -0.15) is 0 Å². The predicted molar refractivity (Wildman–Crippen MR) is 207 cm³/mol. The SMILES string of the molecule is Cc1c[c-]c(-c2cc(C)c(C)cn2)cc1C.Cc1ccc2c(-c3cc(-c4ccc5cc(C(C)(C)C)ccc5c4)ccn3)[c-]c3ccoc3c2n1.[Ir]. The predicted octanol–water partition coefficient (Wildman–Crippen LogP) is 12.0. The molecule has 5 heteroatoms. The molecule has 0 atom stereocenters. The van der Waals surface area contributed by atoms with Gasteiger partial charge in [0.05, 0.1) is 5.58 Å². The van der Waals surface area contributed by atoms with Gasteiger partial charge in [-0.15, -0.1) is 41.0 Å². The maximum atomic E-state index is 5.73. The van der Waals surface area contributed by atoms with Crippen molar-refractivity contribution in [3.8, 4) is 33.6 Å². The summed E-state index contributed by atoms with van der Waals surface area (Å²) in [5, 5.41) is 4.40. The number of hydrogen-bond donors (Lipinski definition) is 0. The number of benzene rings is 4. The van der Waals surface area contributed by atoms with Crippen LogP contribution in [0.1, 0.15) is 54.3 Å². The third-order valence-electron chi connectivity index (χ3n) is 9.57. The van der Waals surface area contributed by atoms with E-state index in [1.165, 1.54) is 44.2 Å². The zero-order chi connectivity index (χ0) is 35.2. The van der Waals surface area contributed by atoms with Crippen LogP contribution >= 0.6 is 0 Å². The molecule has 51 heavy (non-hydrogen) atoms. The van der Waals surface area contributed by atoms with Crippen molar-refractivity contribution in [1.82, 2.24) is 15.0 Å². The van der Waals surface area contributed by atoms with E-state index in [2.05, 4.69) is 132 Å². The Balaban J connectivity index is 0.000000222. The smallest absolute Gasteiger partial charge is 0.0847 e. The summed E-state index contributed by atoms with van der Waals surface area (Å²) in [6.07, 6.45) is 5.49. The minimum Gasteiger partial charge on any atom is -0.506 e. The first kappa shape index (κ1) is 35.9. The fourth-order valence-corrected chi connectivity index (χ4v) is 6.16. The van der Waals surface area contributed by atoms with E-state index in [9.17, 15) is 0 Å². The Morgan fingerprint density at radius 3 is 2.18 bits per heavy atom. The van der Waals surface area contributed by atoms with E-state index >= 15 is 0 Å². The van der Waals surface area contributed by atoms with Crippen molar-refractivity contribution in [1.29, 1.82) is 0 Å². The molecule has 8 aromatic rings. The molecular formula is C46H41IrN3O-2. The summed E-state index contributed by atoms with van der Waals surface area (Å²) in [6, 6.07) is 36.8. The second-order valence-corrected chi connectivity index (χ2v) is 14.3. The van der Waals surface area contributed by atoms with E-state index in [4.69, 9.17) is 14.4 Å². The Hall–Kier alpha value is -4.96. The standard InChI is InChI=1S/C31H25N2O.C15H16N.Ir/c1-19-5-10-26-27(17-24-12-14-34-30(24)29(26)33-19)28-18-23(11-13-32-28)20-6-7-22-16-25(31(2,3)4)9-8-21(22)15-20;1-10-5-6-14(7-11(10)2)15-8-12(3)13(4)9-16-15;/h5-16,18H,1-4H3;5,7-9H,1-4H3;/q2*-1;. The van der Waals surface area contributed by atoms with Crippen molar-refractivity contribution in [2.45, 2.75) is 60.8 Å². The average Bonchev–Trinajstić information content (AvgIpc) is 3.59. The molecule has 0 spiro atoms. The Morgan fingerprint density at radius 1 is 0.667 bits per heavy atom. The molecule has 1 radical (unpaired) electrons. The minimum absolute atomic E-state index is 0. The largest absolute Gasteiger partial charge is 0.506 e. The summed E-state index contributed by atoms with van der Waals surface area (Å²) >= 11 is 0. The van der Waals surface area contributed by atoms with Crippen LogP contribution in [-0.2, 0) is 25.5 Å². The monoisotopic (exact) mass is 844 g/mol. The molecule has 0 aliphatic carbocycles. The van der Waals surface area contributed by atoms with Crippen LogP contribution in [0.5, 0.6) is 0 Å². The number of rotatable bonds is 3. The van der Waals surface area contributed by atoms with E-state index in [1.54, 1.807) is 6.26 Å². The van der Waals surface area contributed by atoms with Crippen molar-refractivity contribution >= 4 is 32.6 Å². The molecule has 0 aliphatic rings. The van der Waals surface area contributed by atoms with Gasteiger partial charge in [-0.3, -0.25) is 9.97 Å². The van der Waals surface area contributed by atoms with Crippen LogP contribution in [-0.4, -0.2) is 15.0 Å². The molecule has 0 saturated heterocycles. The summed E-state index contributed by atoms with van der Waals surface area (Å²) in [7, 11) is 0. The third-order valence-corrected chi connectivity index (χ3v) is 9.57. The van der Waals surface area contributed by atoms with Crippen molar-refractivity contribution < 1.29 is 24.5 Å². The summed E-state index contributed by atoms with van der Waals surface area (Å²) in [6.45, 7) is 17.2. The number of hydrogen-bond acceptors (Lipinski definition) is 4. The van der Waals surface area contributed by atoms with Gasteiger partial charge < -0.3 is 9.40 Å². The molecule has 257 valence electrons. The van der Waals surface area contributed by atoms with Gasteiger partial charge in [-0.05, 0) is 83.1 Å². The first-order valence-electron chi connectivity index (χ1n) is 17.1. The number of nitrogens with zero attached hydrogens (tertiary/aromatic N) is 3. The van der Waals surface area contributed by atoms with E-state index in [-0.39, 0.29) is 25.5 Å². The number of pyridine rings is 3. The van der Waals surface area contributed by atoms with Gasteiger partial charge in [-0.25, -0.2) is 0 Å². The molecule has 4 heterocycles. The fourth-order valence-electron chi connectivity index (χ4n) is 6.16. The summed E-state index contributed by atoms with van der Waals surface area (Å²) in [5.74, 6) is 0. The van der Waals surface area contributed by atoms with E-state index in [0.29, 0.717) is 0 Å². The maximum Gasteiger partial charge on any atom is 0.0847 e. The summed E-state index contributed by atoms with van der Waals surface area (Å²) < 4.78 is 5.73. The van der Waals surface area contributed by atoms with Crippen LogP contribution < -0.4 is 0 Å². The molecule has 4 nitrogen and oxygen atoms in total. The van der Waals surface area contributed by atoms with Crippen LogP contribution in [0.3, 0.4) is 0 Å². The Morgan fingerprint density at radius 2 is 1.41 bits per heavy atom. The van der Waals surface area contributed by atoms with Gasteiger partial charge >= 0.3 is 0 Å². The topological polar surface area (TPSA) is 51.8 Å². The van der Waals surface area contributed by atoms with Gasteiger partial charge in [0.25, 0.3) is 0 Å².